The van der Waals surface area contributed by atoms with Gasteiger partial charge in [-0.1, -0.05) is 31.2 Å². The molecule has 0 spiro atoms. The summed E-state index contributed by atoms with van der Waals surface area (Å²) in [6.45, 7) is 2.50. The van der Waals surface area contributed by atoms with E-state index < -0.39 is 17.4 Å². The van der Waals surface area contributed by atoms with Gasteiger partial charge in [0.05, 0.1) is 39.1 Å². The maximum atomic E-state index is 14.0. The number of carbonyl (C=O) groups is 2. The fourth-order valence-corrected chi connectivity index (χ4v) is 5.97. The van der Waals surface area contributed by atoms with E-state index in [0.717, 1.165) is 18.4 Å². The van der Waals surface area contributed by atoms with Gasteiger partial charge < -0.3 is 29.5 Å². The van der Waals surface area contributed by atoms with Crippen LogP contribution in [0.15, 0.2) is 77.7 Å². The molecule has 1 aromatic heterocycles. The van der Waals surface area contributed by atoms with Gasteiger partial charge in [-0.3, -0.25) is 19.0 Å². The highest BCUT2D eigenvalue weighted by Gasteiger charge is 2.52. The first-order chi connectivity index (χ1) is 20.7. The topological polar surface area (TPSA) is 122 Å². The van der Waals surface area contributed by atoms with Crippen LogP contribution in [0.2, 0.25) is 0 Å². The second-order valence-electron chi connectivity index (χ2n) is 10.9. The van der Waals surface area contributed by atoms with Crippen molar-refractivity contribution in [1.82, 2.24) is 9.47 Å². The molecule has 226 valence electrons. The third-order valence-electron chi connectivity index (χ3n) is 8.45. The zero-order valence-corrected chi connectivity index (χ0v) is 24.6. The van der Waals surface area contributed by atoms with Crippen LogP contribution in [0.25, 0.3) is 5.69 Å². The van der Waals surface area contributed by atoms with Crippen molar-refractivity contribution >= 4 is 17.5 Å². The van der Waals surface area contributed by atoms with Gasteiger partial charge in [0.25, 0.3) is 11.5 Å². The molecule has 2 aliphatic heterocycles. The van der Waals surface area contributed by atoms with Crippen molar-refractivity contribution in [2.75, 3.05) is 32.3 Å². The fourth-order valence-electron chi connectivity index (χ4n) is 5.97. The number of anilines is 1. The number of ether oxygens (including phenoxy) is 2. The molecule has 2 N–H and O–H groups in total. The van der Waals surface area contributed by atoms with Gasteiger partial charge in [0, 0.05) is 36.3 Å². The Kier molecular flexibility index (Phi) is 8.70. The molecule has 10 heteroatoms. The van der Waals surface area contributed by atoms with Gasteiger partial charge in [-0.2, -0.15) is 0 Å². The minimum Gasteiger partial charge on any atom is -0.497 e. The van der Waals surface area contributed by atoms with Crippen LogP contribution < -0.4 is 19.9 Å². The molecule has 1 fully saturated rings. The lowest BCUT2D eigenvalue weighted by Crippen LogP contribution is -2.44. The highest BCUT2D eigenvalue weighted by atomic mass is 16.5. The molecule has 0 radical (unpaired) electrons. The predicted octanol–water partition coefficient (Wildman–Crippen LogP) is 3.15. The molecule has 43 heavy (non-hydrogen) atoms. The van der Waals surface area contributed by atoms with Crippen molar-refractivity contribution < 1.29 is 29.3 Å². The summed E-state index contributed by atoms with van der Waals surface area (Å²) in [6, 6.07) is 15.6. The van der Waals surface area contributed by atoms with Gasteiger partial charge in [-0.15, -0.1) is 0 Å². The van der Waals surface area contributed by atoms with E-state index in [9.17, 15) is 24.6 Å². The van der Waals surface area contributed by atoms with Crippen LogP contribution in [0.5, 0.6) is 11.5 Å². The Balaban J connectivity index is 1.38. The van der Waals surface area contributed by atoms with Gasteiger partial charge in [0.2, 0.25) is 5.91 Å². The first kappa shape index (κ1) is 30.1. The Morgan fingerprint density at radius 1 is 1.12 bits per heavy atom. The standard InChI is InChI=1S/C33H37N3O7/c1-22(7-4-10-30(38)34-17-5-8-25(34)21-37)33(41)27-19-26(42-2)15-16-28(27)36(32(33)40)20-23-11-13-24(14-12-23)35-18-6-9-29(43-3)31(35)39/h4,6-7,9,11-16,18-19,22,25,37,41H,5,8,10,17,20-21H2,1-3H3/b7-4+/t22-,25+,33+/m1/s1. The van der Waals surface area contributed by atoms with Crippen molar-refractivity contribution in [3.8, 4) is 17.2 Å². The number of amides is 2. The zero-order chi connectivity index (χ0) is 30.7. The Labute approximate surface area is 250 Å². The number of rotatable bonds is 10. The summed E-state index contributed by atoms with van der Waals surface area (Å²) in [7, 11) is 2.97. The fraction of sp³-hybridized carbons (Fsp3) is 0.364. The SMILES string of the molecule is COc1ccc2c(c1)[C@@](O)([C@H](C)/C=C/CC(=O)N1CCC[C@H]1CO)C(=O)N2Cc1ccc(-n2cccc(OC)c2=O)cc1. The lowest BCUT2D eigenvalue weighted by Gasteiger charge is -2.28. The van der Waals surface area contributed by atoms with E-state index in [0.29, 0.717) is 29.2 Å². The van der Waals surface area contributed by atoms with E-state index >= 15 is 0 Å². The molecular weight excluding hydrogens is 550 g/mol. The van der Waals surface area contributed by atoms with Crippen molar-refractivity contribution in [3.05, 3.63) is 94.4 Å². The third-order valence-corrected chi connectivity index (χ3v) is 8.45. The summed E-state index contributed by atoms with van der Waals surface area (Å²) in [5.74, 6) is -0.479. The number of aliphatic hydroxyl groups excluding tert-OH is 1. The molecule has 3 heterocycles. The summed E-state index contributed by atoms with van der Waals surface area (Å²) >= 11 is 0. The summed E-state index contributed by atoms with van der Waals surface area (Å²) in [5, 5.41) is 21.6. The van der Waals surface area contributed by atoms with Gasteiger partial charge >= 0.3 is 0 Å². The first-order valence-corrected chi connectivity index (χ1v) is 14.4. The number of nitrogens with zero attached hydrogens (tertiary/aromatic N) is 3. The molecule has 0 saturated carbocycles. The predicted molar refractivity (Wildman–Crippen MR) is 161 cm³/mol. The van der Waals surface area contributed by atoms with E-state index in [1.54, 1.807) is 77.5 Å². The zero-order valence-electron chi connectivity index (χ0n) is 24.6. The van der Waals surface area contributed by atoms with Crippen LogP contribution in [0.1, 0.15) is 37.3 Å². The first-order valence-electron chi connectivity index (χ1n) is 14.4. The minimum absolute atomic E-state index is 0.0587. The van der Waals surface area contributed by atoms with E-state index in [2.05, 4.69) is 0 Å². The van der Waals surface area contributed by atoms with Crippen LogP contribution >= 0.6 is 0 Å². The lowest BCUT2D eigenvalue weighted by atomic mass is 9.83. The number of hydrogen-bond donors (Lipinski definition) is 2. The highest BCUT2D eigenvalue weighted by Crippen LogP contribution is 2.47. The van der Waals surface area contributed by atoms with E-state index in [1.807, 2.05) is 12.1 Å². The van der Waals surface area contributed by atoms with Crippen molar-refractivity contribution in [1.29, 1.82) is 0 Å². The van der Waals surface area contributed by atoms with Crippen molar-refractivity contribution in [2.45, 2.75) is 44.4 Å². The maximum Gasteiger partial charge on any atom is 0.297 e. The molecular formula is C33H37N3O7. The normalized spacial score (nSPS) is 20.5. The Morgan fingerprint density at radius 3 is 2.58 bits per heavy atom. The molecule has 0 bridgehead atoms. The highest BCUT2D eigenvalue weighted by molar-refractivity contribution is 6.07. The van der Waals surface area contributed by atoms with Crippen LogP contribution in [-0.2, 0) is 21.7 Å². The number of aromatic nitrogens is 1. The largest absolute Gasteiger partial charge is 0.497 e. The van der Waals surface area contributed by atoms with E-state index in [1.165, 1.54) is 18.8 Å². The number of aliphatic hydroxyl groups is 2. The molecule has 0 unspecified atom stereocenters. The molecule has 3 atom stereocenters. The Bertz CT molecular complexity index is 1580. The van der Waals surface area contributed by atoms with Crippen LogP contribution in [0.4, 0.5) is 5.69 Å². The second-order valence-corrected chi connectivity index (χ2v) is 10.9. The second kappa shape index (κ2) is 12.4. The number of fused-ring (bicyclic) bond motifs is 1. The molecule has 2 aliphatic rings. The smallest absolute Gasteiger partial charge is 0.297 e. The number of benzene rings is 2. The summed E-state index contributed by atoms with van der Waals surface area (Å²) in [6.07, 6.45) is 6.81. The molecule has 1 saturated heterocycles. The minimum atomic E-state index is -1.88. The lowest BCUT2D eigenvalue weighted by molar-refractivity contribution is -0.139. The maximum absolute atomic E-state index is 14.0. The van der Waals surface area contributed by atoms with Crippen LogP contribution in [0, 0.1) is 5.92 Å². The quantitative estimate of drug-likeness (QED) is 0.350. The monoisotopic (exact) mass is 587 g/mol. The summed E-state index contributed by atoms with van der Waals surface area (Å²) < 4.78 is 12.0. The van der Waals surface area contributed by atoms with E-state index in [4.69, 9.17) is 9.47 Å². The van der Waals surface area contributed by atoms with Crippen molar-refractivity contribution in [3.63, 3.8) is 0 Å². The number of hydrogen-bond acceptors (Lipinski definition) is 7. The van der Waals surface area contributed by atoms with Gasteiger partial charge in [-0.05, 0) is 60.9 Å². The molecule has 10 nitrogen and oxygen atoms in total. The Morgan fingerprint density at radius 2 is 1.88 bits per heavy atom. The van der Waals surface area contributed by atoms with E-state index in [-0.39, 0.29) is 42.8 Å². The average Bonchev–Trinajstić information content (AvgIpc) is 3.59. The molecule has 0 aliphatic carbocycles. The van der Waals surface area contributed by atoms with Gasteiger partial charge in [0.1, 0.15) is 5.75 Å². The number of likely N-dealkylation sites (tertiary alicyclic amines) is 1. The molecule has 3 aromatic rings. The molecule has 2 aromatic carbocycles. The summed E-state index contributed by atoms with van der Waals surface area (Å²) in [4.78, 5) is 42.6. The number of carbonyl (C=O) groups excluding carboxylic acids is 2. The molecule has 5 rings (SSSR count). The number of pyridine rings is 1. The van der Waals surface area contributed by atoms with Gasteiger partial charge in [-0.25, -0.2) is 0 Å². The van der Waals surface area contributed by atoms with Gasteiger partial charge in [0.15, 0.2) is 11.4 Å². The van der Waals surface area contributed by atoms with Crippen molar-refractivity contribution in [2.24, 2.45) is 5.92 Å². The average molecular weight is 588 g/mol. The number of methoxy groups -OCH3 is 2. The Hall–Kier alpha value is -4.41. The summed E-state index contributed by atoms with van der Waals surface area (Å²) in [5.41, 5.74) is 0.295. The molecule has 2 amide bonds. The van der Waals surface area contributed by atoms with Crippen LogP contribution in [-0.4, -0.2) is 64.9 Å². The third kappa shape index (κ3) is 5.55. The van der Waals surface area contributed by atoms with Crippen LogP contribution in [0.3, 0.4) is 0 Å².